The van der Waals surface area contributed by atoms with Crippen LogP contribution in [0.5, 0.6) is 0 Å². The number of hydrogen-bond donors (Lipinski definition) is 0. The quantitative estimate of drug-likeness (QED) is 0.0261. The molecule has 0 N–H and O–H groups in total. The van der Waals surface area contributed by atoms with Crippen LogP contribution in [0.15, 0.2) is 146 Å². The maximum Gasteiger partial charge on any atom is 0.306 e. The minimum absolute atomic E-state index is 0.109. The minimum Gasteiger partial charge on any atom is -0.462 e. The smallest absolute Gasteiger partial charge is 0.306 e. The molecule has 0 aliphatic heterocycles. The fraction of sp³-hybridized carbons (Fsp3) is 0.591. The van der Waals surface area contributed by atoms with Crippen LogP contribution in [0.2, 0.25) is 0 Å². The van der Waals surface area contributed by atoms with Gasteiger partial charge in [0.1, 0.15) is 13.2 Å². The first kappa shape index (κ1) is 67.3. The van der Waals surface area contributed by atoms with Gasteiger partial charge in [0, 0.05) is 19.3 Å². The molecule has 0 amide bonds. The van der Waals surface area contributed by atoms with E-state index in [1.165, 1.54) is 19.3 Å². The molecule has 0 saturated carbocycles. The highest BCUT2D eigenvalue weighted by molar-refractivity contribution is 5.71. The molecule has 0 saturated heterocycles. The van der Waals surface area contributed by atoms with Crippen LogP contribution in [0.25, 0.3) is 0 Å². The molecule has 6 heteroatoms. The van der Waals surface area contributed by atoms with Crippen molar-refractivity contribution in [1.29, 1.82) is 0 Å². The van der Waals surface area contributed by atoms with E-state index in [1.807, 2.05) is 0 Å². The maximum atomic E-state index is 12.8. The Balaban J connectivity index is 4.48. The third-order valence-electron chi connectivity index (χ3n) is 11.6. The SMILES string of the molecule is CC/C=C\C/C=C\C/C=C\C/C=C\C/C=C\C/C=C\C/C=C\CCCCCC(=O)OCC(COC(=O)CCCCCCC/C=C\C/C=C\CCCC)OC(=O)CCCCCCC/C=C\C/C=C\C/C=C\CC. The summed E-state index contributed by atoms with van der Waals surface area (Å²) in [6, 6.07) is 0. The normalized spacial score (nSPS) is 13.2. The zero-order valence-electron chi connectivity index (χ0n) is 46.1. The molecule has 404 valence electrons. The molecule has 0 aromatic carbocycles. The Morgan fingerprint density at radius 2 is 0.542 bits per heavy atom. The molecule has 0 radical (unpaired) electrons. The lowest BCUT2D eigenvalue weighted by molar-refractivity contribution is -0.167. The fourth-order valence-electron chi connectivity index (χ4n) is 7.27. The molecule has 0 aliphatic carbocycles. The summed E-state index contributed by atoms with van der Waals surface area (Å²) in [5.41, 5.74) is 0. The number of rotatable bonds is 50. The van der Waals surface area contributed by atoms with E-state index in [1.54, 1.807) is 0 Å². The number of hydrogen-bond acceptors (Lipinski definition) is 6. The molecule has 1 unspecified atom stereocenters. The molecule has 0 rings (SSSR count). The van der Waals surface area contributed by atoms with E-state index in [0.29, 0.717) is 19.3 Å². The van der Waals surface area contributed by atoms with Crippen molar-refractivity contribution in [3.63, 3.8) is 0 Å². The van der Waals surface area contributed by atoms with Gasteiger partial charge in [0.15, 0.2) is 6.10 Å². The summed E-state index contributed by atoms with van der Waals surface area (Å²) < 4.78 is 16.8. The topological polar surface area (TPSA) is 78.9 Å². The second kappa shape index (κ2) is 58.9. The van der Waals surface area contributed by atoms with E-state index >= 15 is 0 Å². The Kier molecular flexibility index (Phi) is 55.0. The van der Waals surface area contributed by atoms with Crippen LogP contribution in [-0.2, 0) is 28.6 Å². The lowest BCUT2D eigenvalue weighted by Crippen LogP contribution is -2.30. The van der Waals surface area contributed by atoms with E-state index in [4.69, 9.17) is 14.2 Å². The van der Waals surface area contributed by atoms with Crippen molar-refractivity contribution in [2.75, 3.05) is 13.2 Å². The average Bonchev–Trinajstić information content (AvgIpc) is 3.38. The van der Waals surface area contributed by atoms with Crippen LogP contribution < -0.4 is 0 Å². The van der Waals surface area contributed by atoms with Gasteiger partial charge in [0.05, 0.1) is 0 Å². The number of carbonyl (C=O) groups excluding carboxylic acids is 3. The third-order valence-corrected chi connectivity index (χ3v) is 11.6. The van der Waals surface area contributed by atoms with Gasteiger partial charge >= 0.3 is 17.9 Å². The number of allylic oxidation sites excluding steroid dienone is 24. The van der Waals surface area contributed by atoms with Crippen LogP contribution in [0.3, 0.4) is 0 Å². The molecule has 0 aromatic heterocycles. The third kappa shape index (κ3) is 56.2. The molecule has 6 nitrogen and oxygen atoms in total. The lowest BCUT2D eigenvalue weighted by Gasteiger charge is -2.18. The first-order valence-corrected chi connectivity index (χ1v) is 28.8. The summed E-state index contributed by atoms with van der Waals surface area (Å²) >= 11 is 0. The highest BCUT2D eigenvalue weighted by atomic mass is 16.6. The first-order chi connectivity index (χ1) is 35.5. The summed E-state index contributed by atoms with van der Waals surface area (Å²) in [4.78, 5) is 38.2. The Labute approximate surface area is 442 Å². The number of carbonyl (C=O) groups is 3. The fourth-order valence-corrected chi connectivity index (χ4v) is 7.27. The van der Waals surface area contributed by atoms with Gasteiger partial charge in [0.2, 0.25) is 0 Å². The van der Waals surface area contributed by atoms with Crippen molar-refractivity contribution >= 4 is 17.9 Å². The molecule has 0 bridgehead atoms. The molecule has 0 fully saturated rings. The largest absolute Gasteiger partial charge is 0.462 e. The first-order valence-electron chi connectivity index (χ1n) is 28.8. The van der Waals surface area contributed by atoms with E-state index in [9.17, 15) is 14.4 Å². The molecule has 1 atom stereocenters. The molecule has 72 heavy (non-hydrogen) atoms. The van der Waals surface area contributed by atoms with Gasteiger partial charge < -0.3 is 14.2 Å². The van der Waals surface area contributed by atoms with Gasteiger partial charge in [-0.05, 0) is 135 Å². The molecule has 0 aromatic rings. The Bertz CT molecular complexity index is 1610. The van der Waals surface area contributed by atoms with Crippen LogP contribution in [0.4, 0.5) is 0 Å². The highest BCUT2D eigenvalue weighted by Crippen LogP contribution is 2.13. The standard InChI is InChI=1S/C66H104O6/c1-4-7-10-13-16-19-22-25-28-29-30-31-32-33-34-35-36-37-39-41-44-47-50-53-56-59-65(68)71-62-63(61-70-64(67)58-55-52-49-46-43-40-27-24-21-18-15-12-9-6-3)72-66(69)60-57-54-51-48-45-42-38-26-23-20-17-14-11-8-5-2/h7-8,10-11,15-20,24-28,30-31,33-34,36-38,41,44,63H,4-6,9,12-14,21-23,29,32,35,39-40,42-43,45-62H2,1-3H3/b10-7-,11-8-,18-15-,19-16-,20-17-,27-24-,28-25-,31-30-,34-33-,37-36-,38-26-,44-41-. The van der Waals surface area contributed by atoms with Crippen LogP contribution in [-0.4, -0.2) is 37.2 Å². The predicted octanol–water partition coefficient (Wildman–Crippen LogP) is 19.6. The monoisotopic (exact) mass is 993 g/mol. The Morgan fingerprint density at radius 1 is 0.292 bits per heavy atom. The van der Waals surface area contributed by atoms with Crippen molar-refractivity contribution in [2.45, 2.75) is 239 Å². The second-order valence-corrected chi connectivity index (χ2v) is 18.4. The summed E-state index contributed by atoms with van der Waals surface area (Å²) in [6.45, 7) is 6.30. The van der Waals surface area contributed by atoms with E-state index in [-0.39, 0.29) is 31.1 Å². The number of unbranched alkanes of at least 4 members (excludes halogenated alkanes) is 15. The van der Waals surface area contributed by atoms with Crippen LogP contribution >= 0.6 is 0 Å². The van der Waals surface area contributed by atoms with Gasteiger partial charge in [0.25, 0.3) is 0 Å². The van der Waals surface area contributed by atoms with Gasteiger partial charge in [-0.2, -0.15) is 0 Å². The number of ether oxygens (including phenoxy) is 3. The minimum atomic E-state index is -0.814. The molecule has 0 heterocycles. The van der Waals surface area contributed by atoms with Crippen LogP contribution in [0, 0.1) is 0 Å². The van der Waals surface area contributed by atoms with E-state index in [0.717, 1.165) is 173 Å². The maximum absolute atomic E-state index is 12.8. The van der Waals surface area contributed by atoms with Gasteiger partial charge in [-0.15, -0.1) is 0 Å². The van der Waals surface area contributed by atoms with Gasteiger partial charge in [-0.1, -0.05) is 224 Å². The van der Waals surface area contributed by atoms with E-state index in [2.05, 4.69) is 167 Å². The molecule has 0 spiro atoms. The predicted molar refractivity (Wildman–Crippen MR) is 311 cm³/mol. The lowest BCUT2D eigenvalue weighted by atomic mass is 10.1. The van der Waals surface area contributed by atoms with E-state index < -0.39 is 6.10 Å². The van der Waals surface area contributed by atoms with Crippen molar-refractivity contribution in [3.05, 3.63) is 146 Å². The number of esters is 3. The van der Waals surface area contributed by atoms with Crippen molar-refractivity contribution in [2.24, 2.45) is 0 Å². The summed E-state index contributed by atoms with van der Waals surface area (Å²) in [7, 11) is 0. The molecule has 0 aliphatic rings. The van der Waals surface area contributed by atoms with Crippen molar-refractivity contribution in [1.82, 2.24) is 0 Å². The van der Waals surface area contributed by atoms with Gasteiger partial charge in [-0.3, -0.25) is 14.4 Å². The zero-order valence-corrected chi connectivity index (χ0v) is 46.1. The van der Waals surface area contributed by atoms with Crippen molar-refractivity contribution in [3.8, 4) is 0 Å². The summed E-state index contributed by atoms with van der Waals surface area (Å²) in [6.07, 6.45) is 84.1. The van der Waals surface area contributed by atoms with Gasteiger partial charge in [-0.25, -0.2) is 0 Å². The second-order valence-electron chi connectivity index (χ2n) is 18.4. The summed E-state index contributed by atoms with van der Waals surface area (Å²) in [5.74, 6) is -0.980. The van der Waals surface area contributed by atoms with Crippen LogP contribution in [0.1, 0.15) is 233 Å². The highest BCUT2D eigenvalue weighted by Gasteiger charge is 2.19. The molecular weight excluding hydrogens is 889 g/mol. The Hall–Kier alpha value is -4.71. The summed E-state index contributed by atoms with van der Waals surface area (Å²) in [5, 5.41) is 0. The Morgan fingerprint density at radius 3 is 0.861 bits per heavy atom. The van der Waals surface area contributed by atoms with Crippen molar-refractivity contribution < 1.29 is 28.6 Å². The molecular formula is C66H104O6. The average molecular weight is 994 g/mol. The zero-order chi connectivity index (χ0) is 52.2.